The Hall–Kier alpha value is -1.95. The minimum Gasteiger partial charge on any atom is -0.387 e. The molecule has 22 heavy (non-hydrogen) atoms. The molecule has 0 radical (unpaired) electrons. The first-order valence-electron chi connectivity index (χ1n) is 7.51. The van der Waals surface area contributed by atoms with Crippen LogP contribution in [0.25, 0.3) is 0 Å². The predicted octanol–water partition coefficient (Wildman–Crippen LogP) is 0.520. The molecular weight excluding hydrogens is 287 g/mol. The summed E-state index contributed by atoms with van der Waals surface area (Å²) >= 11 is 0. The first kappa shape index (κ1) is 15.0. The molecule has 2 fully saturated rings. The topological polar surface area (TPSA) is 60.9 Å². The molecule has 1 saturated heterocycles. The van der Waals surface area contributed by atoms with Crippen molar-refractivity contribution < 1.29 is 19.1 Å². The lowest BCUT2D eigenvalue weighted by Crippen LogP contribution is -2.53. The van der Waals surface area contributed by atoms with Crippen molar-refractivity contribution >= 4 is 11.8 Å². The number of nitrogens with zero attached hydrogens (tertiary/aromatic N) is 2. The number of carbonyl (C=O) groups excluding carboxylic acids is 2. The third-order valence-corrected chi connectivity index (χ3v) is 4.59. The van der Waals surface area contributed by atoms with E-state index in [-0.39, 0.29) is 17.6 Å². The van der Waals surface area contributed by atoms with E-state index in [1.54, 1.807) is 21.9 Å². The molecule has 0 bridgehead atoms. The largest absolute Gasteiger partial charge is 0.387 e. The smallest absolute Gasteiger partial charge is 0.248 e. The molecule has 0 aromatic heterocycles. The van der Waals surface area contributed by atoms with Crippen molar-refractivity contribution in [3.05, 3.63) is 35.6 Å². The lowest BCUT2D eigenvalue weighted by molar-refractivity contribution is -0.142. The molecule has 1 saturated carbocycles. The van der Waals surface area contributed by atoms with Crippen molar-refractivity contribution in [2.75, 3.05) is 32.8 Å². The van der Waals surface area contributed by atoms with Crippen LogP contribution in [0.15, 0.2) is 24.3 Å². The van der Waals surface area contributed by atoms with Crippen LogP contribution in [0.3, 0.4) is 0 Å². The number of rotatable bonds is 3. The molecule has 3 rings (SSSR count). The van der Waals surface area contributed by atoms with Gasteiger partial charge in [0, 0.05) is 26.2 Å². The standard InChI is InChI=1S/C16H19FN2O3/c17-13-3-1-2-12(10-13)16(4-5-16)15(22)19-8-6-18(7-9-19)14(21)11-20/h1-3,10,20H,4-9,11H2. The van der Waals surface area contributed by atoms with Crippen LogP contribution in [0.4, 0.5) is 4.39 Å². The SMILES string of the molecule is O=C(CO)N1CCN(C(=O)C2(c3cccc(F)c3)CC2)CC1. The average molecular weight is 306 g/mol. The summed E-state index contributed by atoms with van der Waals surface area (Å²) in [4.78, 5) is 27.5. The van der Waals surface area contributed by atoms with Crippen LogP contribution in [-0.2, 0) is 15.0 Å². The Labute approximate surface area is 128 Å². The summed E-state index contributed by atoms with van der Waals surface area (Å²) < 4.78 is 13.4. The Morgan fingerprint density at radius 1 is 1.14 bits per heavy atom. The fourth-order valence-corrected chi connectivity index (χ4v) is 3.10. The lowest BCUT2D eigenvalue weighted by Gasteiger charge is -2.36. The molecule has 1 aromatic carbocycles. The van der Waals surface area contributed by atoms with Crippen LogP contribution in [0.1, 0.15) is 18.4 Å². The van der Waals surface area contributed by atoms with Crippen LogP contribution in [-0.4, -0.2) is 59.5 Å². The number of amides is 2. The van der Waals surface area contributed by atoms with E-state index in [0.29, 0.717) is 26.2 Å². The Morgan fingerprint density at radius 3 is 2.32 bits per heavy atom. The summed E-state index contributed by atoms with van der Waals surface area (Å²) in [5.41, 5.74) is 0.164. The van der Waals surface area contributed by atoms with E-state index in [1.165, 1.54) is 12.1 Å². The van der Waals surface area contributed by atoms with E-state index in [0.717, 1.165) is 18.4 Å². The van der Waals surface area contributed by atoms with E-state index in [4.69, 9.17) is 5.11 Å². The molecule has 1 aliphatic heterocycles. The molecule has 1 aliphatic carbocycles. The molecule has 2 aliphatic rings. The van der Waals surface area contributed by atoms with Crippen LogP contribution in [0.2, 0.25) is 0 Å². The fraction of sp³-hybridized carbons (Fsp3) is 0.500. The second kappa shape index (κ2) is 5.68. The fourth-order valence-electron chi connectivity index (χ4n) is 3.10. The van der Waals surface area contributed by atoms with Gasteiger partial charge in [-0.25, -0.2) is 4.39 Å². The quantitative estimate of drug-likeness (QED) is 0.886. The molecule has 0 spiro atoms. The molecular formula is C16H19FN2O3. The van der Waals surface area contributed by atoms with E-state index in [2.05, 4.69) is 0 Å². The van der Waals surface area contributed by atoms with Gasteiger partial charge in [-0.3, -0.25) is 9.59 Å². The van der Waals surface area contributed by atoms with Gasteiger partial charge in [-0.2, -0.15) is 0 Å². The van der Waals surface area contributed by atoms with Gasteiger partial charge in [0.25, 0.3) is 0 Å². The zero-order valence-electron chi connectivity index (χ0n) is 12.3. The Morgan fingerprint density at radius 2 is 1.77 bits per heavy atom. The van der Waals surface area contributed by atoms with Gasteiger partial charge in [-0.05, 0) is 30.5 Å². The Bertz CT molecular complexity index is 593. The molecule has 0 unspecified atom stereocenters. The van der Waals surface area contributed by atoms with Gasteiger partial charge in [0.1, 0.15) is 12.4 Å². The third-order valence-electron chi connectivity index (χ3n) is 4.59. The predicted molar refractivity (Wildman–Crippen MR) is 77.6 cm³/mol. The molecule has 1 N–H and O–H groups in total. The number of carbonyl (C=O) groups is 2. The molecule has 2 amide bonds. The van der Waals surface area contributed by atoms with E-state index in [1.807, 2.05) is 0 Å². The molecule has 0 atom stereocenters. The maximum Gasteiger partial charge on any atom is 0.248 e. The minimum absolute atomic E-state index is 0.0224. The van der Waals surface area contributed by atoms with Gasteiger partial charge in [0.2, 0.25) is 11.8 Å². The summed E-state index contributed by atoms with van der Waals surface area (Å²) in [6.45, 7) is 1.29. The number of aliphatic hydroxyl groups excluding tert-OH is 1. The molecule has 118 valence electrons. The third kappa shape index (κ3) is 2.59. The van der Waals surface area contributed by atoms with Crippen molar-refractivity contribution in [2.45, 2.75) is 18.3 Å². The van der Waals surface area contributed by atoms with Crippen LogP contribution in [0.5, 0.6) is 0 Å². The highest BCUT2D eigenvalue weighted by Gasteiger charge is 2.53. The van der Waals surface area contributed by atoms with E-state index >= 15 is 0 Å². The Balaban J connectivity index is 1.69. The van der Waals surface area contributed by atoms with Gasteiger partial charge in [-0.15, -0.1) is 0 Å². The van der Waals surface area contributed by atoms with E-state index < -0.39 is 12.0 Å². The average Bonchev–Trinajstić information content (AvgIpc) is 3.35. The molecule has 6 heteroatoms. The summed E-state index contributed by atoms with van der Waals surface area (Å²) in [7, 11) is 0. The highest BCUT2D eigenvalue weighted by Crippen LogP contribution is 2.49. The van der Waals surface area contributed by atoms with Crippen molar-refractivity contribution in [1.82, 2.24) is 9.80 Å². The number of hydrogen-bond donors (Lipinski definition) is 1. The first-order chi connectivity index (χ1) is 10.6. The monoisotopic (exact) mass is 306 g/mol. The Kier molecular flexibility index (Phi) is 3.87. The van der Waals surface area contributed by atoms with Gasteiger partial charge in [0.15, 0.2) is 0 Å². The van der Waals surface area contributed by atoms with Crippen molar-refractivity contribution in [3.63, 3.8) is 0 Å². The summed E-state index contributed by atoms with van der Waals surface area (Å²) in [5.74, 6) is -0.609. The van der Waals surface area contributed by atoms with Crippen LogP contribution in [0, 0.1) is 5.82 Å². The number of benzene rings is 1. The minimum atomic E-state index is -0.578. The lowest BCUT2D eigenvalue weighted by atomic mass is 9.94. The number of aliphatic hydroxyl groups is 1. The summed E-state index contributed by atoms with van der Waals surface area (Å²) in [5, 5.41) is 8.87. The molecule has 1 aromatic rings. The summed E-state index contributed by atoms with van der Waals surface area (Å²) in [6, 6.07) is 6.26. The van der Waals surface area contributed by atoms with Gasteiger partial charge < -0.3 is 14.9 Å². The molecule has 1 heterocycles. The maximum absolute atomic E-state index is 13.4. The first-order valence-corrected chi connectivity index (χ1v) is 7.51. The summed E-state index contributed by atoms with van der Waals surface area (Å²) in [6.07, 6.45) is 1.48. The van der Waals surface area contributed by atoms with Gasteiger partial charge >= 0.3 is 0 Å². The zero-order chi connectivity index (χ0) is 15.7. The van der Waals surface area contributed by atoms with Crippen LogP contribution < -0.4 is 0 Å². The van der Waals surface area contributed by atoms with Crippen LogP contribution >= 0.6 is 0 Å². The van der Waals surface area contributed by atoms with Gasteiger partial charge in [-0.1, -0.05) is 12.1 Å². The van der Waals surface area contributed by atoms with Crippen molar-refractivity contribution in [1.29, 1.82) is 0 Å². The molecule has 5 nitrogen and oxygen atoms in total. The maximum atomic E-state index is 13.4. The zero-order valence-corrected chi connectivity index (χ0v) is 12.3. The van der Waals surface area contributed by atoms with E-state index in [9.17, 15) is 14.0 Å². The van der Waals surface area contributed by atoms with Crippen molar-refractivity contribution in [2.24, 2.45) is 0 Å². The normalized spacial score (nSPS) is 19.9. The highest BCUT2D eigenvalue weighted by atomic mass is 19.1. The highest BCUT2D eigenvalue weighted by molar-refractivity contribution is 5.91. The number of halogens is 1. The number of piperazine rings is 1. The number of hydrogen-bond acceptors (Lipinski definition) is 3. The van der Waals surface area contributed by atoms with Crippen molar-refractivity contribution in [3.8, 4) is 0 Å². The second-order valence-corrected chi connectivity index (χ2v) is 5.92. The van der Waals surface area contributed by atoms with Gasteiger partial charge in [0.05, 0.1) is 5.41 Å². The second-order valence-electron chi connectivity index (χ2n) is 5.92.